The van der Waals surface area contributed by atoms with Crippen molar-refractivity contribution in [1.29, 1.82) is 0 Å². The van der Waals surface area contributed by atoms with Gasteiger partial charge in [-0.3, -0.25) is 0 Å². The first-order valence-electron chi connectivity index (χ1n) is 8.98. The third kappa shape index (κ3) is 5.04. The SMILES string of the molecule is Cc1cc(F)c(N2CCN(S(=O)(=O)C(F)(F)F)CC2)cc1SCc1ccc(Cl)cc1. The molecule has 0 unspecified atom stereocenters. The zero-order chi connectivity index (χ0) is 22.1. The van der Waals surface area contributed by atoms with Crippen LogP contribution in [0.1, 0.15) is 11.1 Å². The molecule has 4 nitrogen and oxygen atoms in total. The summed E-state index contributed by atoms with van der Waals surface area (Å²) in [4.78, 5) is 2.41. The quantitative estimate of drug-likeness (QED) is 0.441. The van der Waals surface area contributed by atoms with Crippen LogP contribution in [0, 0.1) is 12.7 Å². The number of nitrogens with zero attached hydrogens (tertiary/aromatic N) is 2. The Labute approximate surface area is 181 Å². The third-order valence-electron chi connectivity index (χ3n) is 4.76. The number of rotatable bonds is 5. The number of halogens is 5. The lowest BCUT2D eigenvalue weighted by Gasteiger charge is -2.35. The van der Waals surface area contributed by atoms with Crippen molar-refractivity contribution in [2.45, 2.75) is 23.1 Å². The van der Waals surface area contributed by atoms with Crippen LogP contribution in [0.5, 0.6) is 0 Å². The van der Waals surface area contributed by atoms with E-state index in [1.54, 1.807) is 30.0 Å². The van der Waals surface area contributed by atoms with E-state index in [0.717, 1.165) is 16.0 Å². The van der Waals surface area contributed by atoms with Gasteiger partial charge in [0.05, 0.1) is 5.69 Å². The number of anilines is 1. The average Bonchev–Trinajstić information content (AvgIpc) is 2.68. The Morgan fingerprint density at radius 1 is 1.07 bits per heavy atom. The van der Waals surface area contributed by atoms with Crippen LogP contribution in [0.15, 0.2) is 41.3 Å². The first-order valence-corrected chi connectivity index (χ1v) is 11.8. The highest BCUT2D eigenvalue weighted by Crippen LogP contribution is 2.34. The first-order chi connectivity index (χ1) is 14.0. The van der Waals surface area contributed by atoms with Gasteiger partial charge in [-0.25, -0.2) is 12.8 Å². The van der Waals surface area contributed by atoms with E-state index in [2.05, 4.69) is 0 Å². The normalized spacial score (nSPS) is 16.1. The maximum Gasteiger partial charge on any atom is 0.511 e. The summed E-state index contributed by atoms with van der Waals surface area (Å²) < 4.78 is 76.3. The molecule has 0 bridgehead atoms. The summed E-state index contributed by atoms with van der Waals surface area (Å²) >= 11 is 7.39. The fraction of sp³-hybridized carbons (Fsp3) is 0.368. The Kier molecular flexibility index (Phi) is 6.91. The molecule has 164 valence electrons. The van der Waals surface area contributed by atoms with Gasteiger partial charge in [-0.2, -0.15) is 17.5 Å². The minimum absolute atomic E-state index is 0.0312. The lowest BCUT2D eigenvalue weighted by atomic mass is 10.2. The smallest absolute Gasteiger partial charge is 0.366 e. The first kappa shape index (κ1) is 23.2. The van der Waals surface area contributed by atoms with E-state index >= 15 is 0 Å². The summed E-state index contributed by atoms with van der Waals surface area (Å²) in [5.74, 6) is 0.149. The molecule has 0 atom stereocenters. The molecule has 0 aliphatic carbocycles. The molecule has 1 saturated heterocycles. The van der Waals surface area contributed by atoms with Gasteiger partial charge in [-0.1, -0.05) is 23.7 Å². The molecular formula is C19H19ClF4N2O2S2. The molecule has 0 spiro atoms. The van der Waals surface area contributed by atoms with Gasteiger partial charge >= 0.3 is 15.5 Å². The van der Waals surface area contributed by atoms with Gasteiger partial charge < -0.3 is 4.90 Å². The van der Waals surface area contributed by atoms with Gasteiger partial charge in [0.1, 0.15) is 5.82 Å². The summed E-state index contributed by atoms with van der Waals surface area (Å²) in [6.45, 7) is 1.00. The number of thioether (sulfide) groups is 1. The van der Waals surface area contributed by atoms with Crippen LogP contribution in [0.25, 0.3) is 0 Å². The largest absolute Gasteiger partial charge is 0.511 e. The van der Waals surface area contributed by atoms with Gasteiger partial charge in [0.15, 0.2) is 0 Å². The predicted octanol–water partition coefficient (Wildman–Crippen LogP) is 5.05. The van der Waals surface area contributed by atoms with Crippen LogP contribution in [-0.4, -0.2) is 44.4 Å². The lowest BCUT2D eigenvalue weighted by molar-refractivity contribution is -0.0490. The van der Waals surface area contributed by atoms with Gasteiger partial charge in [0, 0.05) is 41.8 Å². The second-order valence-corrected chi connectivity index (χ2v) is 10.2. The van der Waals surface area contributed by atoms with E-state index in [0.29, 0.717) is 15.1 Å². The van der Waals surface area contributed by atoms with Gasteiger partial charge in [0.2, 0.25) is 0 Å². The molecule has 0 amide bonds. The zero-order valence-electron chi connectivity index (χ0n) is 15.9. The highest BCUT2D eigenvalue weighted by molar-refractivity contribution is 7.98. The van der Waals surface area contributed by atoms with Gasteiger partial charge in [0.25, 0.3) is 0 Å². The van der Waals surface area contributed by atoms with Gasteiger partial charge in [-0.15, -0.1) is 11.8 Å². The van der Waals surface area contributed by atoms with E-state index < -0.39 is 21.3 Å². The van der Waals surface area contributed by atoms with Crippen LogP contribution in [0.4, 0.5) is 23.2 Å². The zero-order valence-corrected chi connectivity index (χ0v) is 18.3. The molecule has 11 heteroatoms. The molecular weight excluding hydrogens is 464 g/mol. The highest BCUT2D eigenvalue weighted by atomic mass is 35.5. The molecule has 0 radical (unpaired) electrons. The molecule has 0 N–H and O–H groups in total. The second kappa shape index (κ2) is 8.94. The standard InChI is InChI=1S/C19H19ClF4N2O2S2/c1-13-10-16(21)17(11-18(13)29-12-14-2-4-15(20)5-3-14)25-6-8-26(9-7-25)30(27,28)19(22,23)24/h2-5,10-11H,6-9,12H2,1H3. The molecule has 30 heavy (non-hydrogen) atoms. The number of benzene rings is 2. The van der Waals surface area contributed by atoms with E-state index in [4.69, 9.17) is 11.6 Å². The van der Waals surface area contributed by atoms with Crippen molar-refractivity contribution in [3.05, 3.63) is 58.4 Å². The Balaban J connectivity index is 1.72. The summed E-state index contributed by atoms with van der Waals surface area (Å²) in [6.07, 6.45) is 0. The summed E-state index contributed by atoms with van der Waals surface area (Å²) in [5.41, 5.74) is -3.30. The van der Waals surface area contributed by atoms with Crippen LogP contribution < -0.4 is 4.90 Å². The predicted molar refractivity (Wildman–Crippen MR) is 111 cm³/mol. The van der Waals surface area contributed by atoms with Crippen molar-refractivity contribution < 1.29 is 26.0 Å². The van der Waals surface area contributed by atoms with E-state index in [9.17, 15) is 26.0 Å². The number of alkyl halides is 3. The molecule has 1 heterocycles. The minimum Gasteiger partial charge on any atom is -0.366 e. The number of piperazine rings is 1. The Morgan fingerprint density at radius 3 is 2.23 bits per heavy atom. The maximum atomic E-state index is 14.6. The fourth-order valence-corrected chi connectivity index (χ4v) is 5.16. The van der Waals surface area contributed by atoms with Crippen LogP contribution in [0.3, 0.4) is 0 Å². The Bertz CT molecular complexity index is 1010. The third-order valence-corrected chi connectivity index (χ3v) is 7.87. The molecule has 2 aromatic rings. The Morgan fingerprint density at radius 2 is 1.67 bits per heavy atom. The number of hydrogen-bond acceptors (Lipinski definition) is 4. The average molecular weight is 483 g/mol. The van der Waals surface area contributed by atoms with Crippen LogP contribution in [0.2, 0.25) is 5.02 Å². The molecule has 2 aromatic carbocycles. The summed E-state index contributed by atoms with van der Waals surface area (Å²) in [7, 11) is -5.37. The number of aryl methyl sites for hydroxylation is 1. The van der Waals surface area contributed by atoms with Crippen LogP contribution in [-0.2, 0) is 15.8 Å². The highest BCUT2D eigenvalue weighted by Gasteiger charge is 2.50. The van der Waals surface area contributed by atoms with Crippen molar-refractivity contribution in [3.8, 4) is 0 Å². The molecule has 0 saturated carbocycles. The maximum absolute atomic E-state index is 14.6. The van der Waals surface area contributed by atoms with Crippen molar-refractivity contribution in [1.82, 2.24) is 4.31 Å². The summed E-state index contributed by atoms with van der Waals surface area (Å²) in [6, 6.07) is 10.4. The van der Waals surface area contributed by atoms with Crippen molar-refractivity contribution in [3.63, 3.8) is 0 Å². The van der Waals surface area contributed by atoms with E-state index in [1.807, 2.05) is 12.1 Å². The van der Waals surface area contributed by atoms with Crippen molar-refractivity contribution in [2.24, 2.45) is 0 Å². The fourth-order valence-electron chi connectivity index (χ4n) is 3.10. The van der Waals surface area contributed by atoms with Crippen molar-refractivity contribution in [2.75, 3.05) is 31.1 Å². The molecule has 1 aliphatic heterocycles. The minimum atomic E-state index is -5.37. The Hall–Kier alpha value is -1.49. The molecule has 1 aliphatic rings. The van der Waals surface area contributed by atoms with E-state index in [-0.39, 0.29) is 31.9 Å². The molecule has 3 rings (SSSR count). The molecule has 0 aromatic heterocycles. The monoisotopic (exact) mass is 482 g/mol. The topological polar surface area (TPSA) is 40.6 Å². The molecule has 1 fully saturated rings. The second-order valence-electron chi connectivity index (χ2n) is 6.82. The van der Waals surface area contributed by atoms with Crippen molar-refractivity contribution >= 4 is 39.1 Å². The summed E-state index contributed by atoms with van der Waals surface area (Å²) in [5, 5.41) is 0.635. The lowest BCUT2D eigenvalue weighted by Crippen LogP contribution is -2.52. The van der Waals surface area contributed by atoms with E-state index in [1.165, 1.54) is 17.8 Å². The number of hydrogen-bond donors (Lipinski definition) is 0. The number of sulfonamides is 1. The van der Waals surface area contributed by atoms with Crippen LogP contribution >= 0.6 is 23.4 Å². The van der Waals surface area contributed by atoms with Gasteiger partial charge in [-0.05, 0) is 42.3 Å².